The molecule has 3 nitrogen and oxygen atoms in total. The Morgan fingerprint density at radius 2 is 1.44 bits per heavy atom. The highest BCUT2D eigenvalue weighted by molar-refractivity contribution is 5.98. The van der Waals surface area contributed by atoms with Crippen molar-refractivity contribution in [3.8, 4) is 0 Å². The maximum atomic E-state index is 5.39. The molecule has 0 bridgehead atoms. The van der Waals surface area contributed by atoms with Gasteiger partial charge in [0.2, 0.25) is 0 Å². The van der Waals surface area contributed by atoms with Crippen LogP contribution in [0.4, 0.5) is 0 Å². The van der Waals surface area contributed by atoms with E-state index >= 15 is 0 Å². The van der Waals surface area contributed by atoms with Crippen molar-refractivity contribution in [1.82, 2.24) is 0 Å². The Morgan fingerprint density at radius 3 is 1.89 bits per heavy atom. The molecule has 0 saturated carbocycles. The number of unbranched alkanes of at least 4 members (excludes halogenated alkanes) is 7. The van der Waals surface area contributed by atoms with E-state index in [1.807, 2.05) is 6.08 Å². The highest BCUT2D eigenvalue weighted by atomic mass is 28.2. The molecule has 0 unspecified atom stereocenters. The Bertz CT molecular complexity index is 185. The number of hydrogen-bond donors (Lipinski definition) is 0. The van der Waals surface area contributed by atoms with Gasteiger partial charge in [0, 0.05) is 20.6 Å². The molecular weight excluding hydrogens is 244 g/mol. The smallest absolute Gasteiger partial charge is 0.272 e. The molecule has 0 atom stereocenters. The maximum Gasteiger partial charge on any atom is 0.272 e. The van der Waals surface area contributed by atoms with Crippen LogP contribution in [-0.4, -0.2) is 30.7 Å². The average molecular weight is 274 g/mol. The first kappa shape index (κ1) is 17.8. The van der Waals surface area contributed by atoms with Crippen molar-refractivity contribution in [1.29, 1.82) is 0 Å². The molecule has 0 amide bonds. The zero-order valence-electron chi connectivity index (χ0n) is 12.4. The van der Waals surface area contributed by atoms with E-state index in [0.29, 0.717) is 10.5 Å². The molecule has 0 N–H and O–H groups in total. The molecule has 0 fully saturated rings. The van der Waals surface area contributed by atoms with Crippen molar-refractivity contribution in [2.75, 3.05) is 14.2 Å². The lowest BCUT2D eigenvalue weighted by Crippen LogP contribution is -2.36. The molecule has 0 aromatic rings. The highest BCUT2D eigenvalue weighted by Gasteiger charge is 2.27. The van der Waals surface area contributed by atoms with Crippen molar-refractivity contribution in [3.05, 3.63) is 12.7 Å². The summed E-state index contributed by atoms with van der Waals surface area (Å²) in [4.78, 5) is 0. The fraction of sp³-hybridized carbons (Fsp3) is 0.857. The third kappa shape index (κ3) is 8.03. The standard InChI is InChI=1S/C14H30O3Si/c1-4-5-6-7-8-9-10-11-12-13-14(15-2,16-3)17-18/h4H,1,5-13H2,2-3,18H3. The Labute approximate surface area is 115 Å². The molecule has 0 aromatic carbocycles. The Hall–Kier alpha value is -0.163. The molecule has 18 heavy (non-hydrogen) atoms. The molecular formula is C14H30O3Si. The summed E-state index contributed by atoms with van der Waals surface area (Å²) in [5.74, 6) is -0.782. The van der Waals surface area contributed by atoms with Gasteiger partial charge < -0.3 is 13.9 Å². The number of methoxy groups -OCH3 is 2. The third-order valence-electron chi connectivity index (χ3n) is 3.32. The van der Waals surface area contributed by atoms with Gasteiger partial charge in [-0.3, -0.25) is 0 Å². The molecule has 0 heterocycles. The minimum atomic E-state index is -0.782. The van der Waals surface area contributed by atoms with Gasteiger partial charge >= 0.3 is 0 Å². The number of rotatable bonds is 13. The normalized spacial score (nSPS) is 11.9. The Morgan fingerprint density at radius 1 is 0.944 bits per heavy atom. The van der Waals surface area contributed by atoms with Gasteiger partial charge in [0.05, 0.1) is 0 Å². The van der Waals surface area contributed by atoms with E-state index in [2.05, 4.69) is 6.58 Å². The Balaban J connectivity index is 3.41. The predicted molar refractivity (Wildman–Crippen MR) is 79.5 cm³/mol. The van der Waals surface area contributed by atoms with E-state index in [1.54, 1.807) is 14.2 Å². The average Bonchev–Trinajstić information content (AvgIpc) is 2.42. The lowest BCUT2D eigenvalue weighted by molar-refractivity contribution is -0.325. The number of hydrogen-bond acceptors (Lipinski definition) is 3. The van der Waals surface area contributed by atoms with Crippen LogP contribution in [0, 0.1) is 0 Å². The molecule has 0 aliphatic rings. The molecule has 0 radical (unpaired) electrons. The third-order valence-corrected chi connectivity index (χ3v) is 3.95. The lowest BCUT2D eigenvalue weighted by Gasteiger charge is -2.29. The van der Waals surface area contributed by atoms with Crippen LogP contribution in [0.15, 0.2) is 12.7 Å². The largest absolute Gasteiger partial charge is 0.380 e. The van der Waals surface area contributed by atoms with Gasteiger partial charge in [-0.05, 0) is 19.3 Å². The first-order valence-electron chi connectivity index (χ1n) is 7.01. The topological polar surface area (TPSA) is 27.7 Å². The van der Waals surface area contributed by atoms with Gasteiger partial charge in [-0.1, -0.05) is 38.2 Å². The second-order valence-electron chi connectivity index (χ2n) is 4.60. The first-order chi connectivity index (χ1) is 8.74. The fourth-order valence-electron chi connectivity index (χ4n) is 2.07. The van der Waals surface area contributed by atoms with Gasteiger partial charge in [0.25, 0.3) is 5.97 Å². The highest BCUT2D eigenvalue weighted by Crippen LogP contribution is 2.21. The Kier molecular flexibility index (Phi) is 11.8. The van der Waals surface area contributed by atoms with Crippen molar-refractivity contribution < 1.29 is 13.9 Å². The number of allylic oxidation sites excluding steroid dienone is 1. The van der Waals surface area contributed by atoms with E-state index in [-0.39, 0.29) is 0 Å². The zero-order chi connectivity index (χ0) is 13.7. The first-order valence-corrected chi connectivity index (χ1v) is 7.82. The summed E-state index contributed by atoms with van der Waals surface area (Å²) in [6.07, 6.45) is 12.9. The van der Waals surface area contributed by atoms with Gasteiger partial charge in [0.1, 0.15) is 0 Å². The molecule has 0 rings (SSSR count). The van der Waals surface area contributed by atoms with E-state index in [1.165, 1.54) is 38.5 Å². The van der Waals surface area contributed by atoms with E-state index in [9.17, 15) is 0 Å². The van der Waals surface area contributed by atoms with Gasteiger partial charge in [-0.25, -0.2) is 0 Å². The summed E-state index contributed by atoms with van der Waals surface area (Å²) in [5.41, 5.74) is 0. The lowest BCUT2D eigenvalue weighted by atomic mass is 10.1. The summed E-state index contributed by atoms with van der Waals surface area (Å²) >= 11 is 0. The molecule has 0 aliphatic heterocycles. The second kappa shape index (κ2) is 11.9. The molecule has 0 aliphatic carbocycles. The monoisotopic (exact) mass is 274 g/mol. The quantitative estimate of drug-likeness (QED) is 0.224. The van der Waals surface area contributed by atoms with Gasteiger partial charge in [-0.15, -0.1) is 6.58 Å². The van der Waals surface area contributed by atoms with Crippen LogP contribution in [0.1, 0.15) is 57.8 Å². The van der Waals surface area contributed by atoms with Crippen molar-refractivity contribution in [3.63, 3.8) is 0 Å². The van der Waals surface area contributed by atoms with Crippen LogP contribution in [-0.2, 0) is 13.9 Å². The van der Waals surface area contributed by atoms with Crippen LogP contribution < -0.4 is 0 Å². The van der Waals surface area contributed by atoms with Crippen molar-refractivity contribution >= 4 is 10.5 Å². The minimum Gasteiger partial charge on any atom is -0.380 e. The van der Waals surface area contributed by atoms with Crippen molar-refractivity contribution in [2.24, 2.45) is 0 Å². The van der Waals surface area contributed by atoms with Gasteiger partial charge in [-0.2, -0.15) is 0 Å². The summed E-state index contributed by atoms with van der Waals surface area (Å²) in [7, 11) is 3.91. The summed E-state index contributed by atoms with van der Waals surface area (Å²) < 4.78 is 16.0. The maximum absolute atomic E-state index is 5.39. The summed E-state index contributed by atoms with van der Waals surface area (Å²) in [5, 5.41) is 0. The van der Waals surface area contributed by atoms with Crippen LogP contribution in [0.3, 0.4) is 0 Å². The summed E-state index contributed by atoms with van der Waals surface area (Å²) in [6, 6.07) is 0. The molecule has 0 saturated heterocycles. The van der Waals surface area contributed by atoms with Gasteiger partial charge in [0.15, 0.2) is 10.5 Å². The predicted octanol–water partition coefficient (Wildman–Crippen LogP) is 2.93. The fourth-order valence-corrected chi connectivity index (χ4v) is 2.61. The van der Waals surface area contributed by atoms with Crippen LogP contribution in [0.2, 0.25) is 0 Å². The van der Waals surface area contributed by atoms with Crippen LogP contribution in [0.25, 0.3) is 0 Å². The number of ether oxygens (including phenoxy) is 2. The molecule has 0 aromatic heterocycles. The minimum absolute atomic E-state index is 0.628. The zero-order valence-corrected chi connectivity index (χ0v) is 14.4. The molecule has 108 valence electrons. The second-order valence-corrected chi connectivity index (χ2v) is 5.01. The SMILES string of the molecule is C=CCCCCCCCCCC(OC)(OC)O[SiH3]. The summed E-state index contributed by atoms with van der Waals surface area (Å²) in [6.45, 7) is 3.73. The van der Waals surface area contributed by atoms with Crippen LogP contribution >= 0.6 is 0 Å². The van der Waals surface area contributed by atoms with Crippen molar-refractivity contribution in [2.45, 2.75) is 63.8 Å². The van der Waals surface area contributed by atoms with E-state index < -0.39 is 5.97 Å². The van der Waals surface area contributed by atoms with E-state index in [0.717, 1.165) is 19.3 Å². The molecule has 0 spiro atoms. The van der Waals surface area contributed by atoms with Crippen LogP contribution in [0.5, 0.6) is 0 Å². The molecule has 4 heteroatoms. The van der Waals surface area contributed by atoms with E-state index in [4.69, 9.17) is 13.9 Å².